The zero-order valence-electron chi connectivity index (χ0n) is 11.9. The van der Waals surface area contributed by atoms with Crippen molar-refractivity contribution in [3.63, 3.8) is 0 Å². The van der Waals surface area contributed by atoms with E-state index in [4.69, 9.17) is 0 Å². The Morgan fingerprint density at radius 2 is 1.95 bits per heavy atom. The van der Waals surface area contributed by atoms with Gasteiger partial charge in [-0.3, -0.25) is 9.59 Å². The van der Waals surface area contributed by atoms with Gasteiger partial charge in [-0.25, -0.2) is 0 Å². The summed E-state index contributed by atoms with van der Waals surface area (Å²) in [4.78, 5) is 25.6. The quantitative estimate of drug-likeness (QED) is 0.902. The summed E-state index contributed by atoms with van der Waals surface area (Å²) in [6.07, 6.45) is 0.674. The summed E-state index contributed by atoms with van der Waals surface area (Å²) in [6, 6.07) is 7.63. The topological polar surface area (TPSA) is 49.4 Å². The molecule has 4 nitrogen and oxygen atoms in total. The Balaban J connectivity index is 2.13. The summed E-state index contributed by atoms with van der Waals surface area (Å²) in [6.45, 7) is 5.06. The van der Waals surface area contributed by atoms with Crippen LogP contribution in [0.4, 0.5) is 5.69 Å². The number of amides is 1. The van der Waals surface area contributed by atoms with Gasteiger partial charge in [0.2, 0.25) is 5.91 Å². The highest BCUT2D eigenvalue weighted by atomic mass is 16.2. The first-order chi connectivity index (χ1) is 8.84. The molecule has 0 aliphatic carbocycles. The molecular formula is C15H20N2O2. The lowest BCUT2D eigenvalue weighted by Crippen LogP contribution is -2.54. The average molecular weight is 260 g/mol. The predicted molar refractivity (Wildman–Crippen MR) is 75.1 cm³/mol. The lowest BCUT2D eigenvalue weighted by molar-refractivity contribution is -0.142. The molecule has 1 unspecified atom stereocenters. The molecule has 4 heteroatoms. The van der Waals surface area contributed by atoms with Crippen LogP contribution in [-0.4, -0.2) is 35.2 Å². The molecule has 1 amide bonds. The van der Waals surface area contributed by atoms with E-state index in [1.165, 1.54) is 6.92 Å². The Morgan fingerprint density at radius 3 is 2.53 bits per heavy atom. The van der Waals surface area contributed by atoms with Crippen LogP contribution in [0.15, 0.2) is 24.3 Å². The average Bonchev–Trinajstić information content (AvgIpc) is 2.80. The Bertz CT molecular complexity index is 498. The molecule has 0 spiro atoms. The number of ketones is 1. The standard InChI is InChI=1S/C15H20N2O2/c1-10(18)15(2,3)17(4)14(19)13-9-11-7-5-6-8-12(11)16-13/h5-8,13,16H,9H2,1-4H3. The van der Waals surface area contributed by atoms with Gasteiger partial charge < -0.3 is 10.2 Å². The zero-order chi connectivity index (χ0) is 14.2. The number of benzene rings is 1. The number of nitrogens with zero attached hydrogens (tertiary/aromatic N) is 1. The lowest BCUT2D eigenvalue weighted by Gasteiger charge is -2.35. The fourth-order valence-electron chi connectivity index (χ4n) is 2.19. The Morgan fingerprint density at radius 1 is 1.32 bits per heavy atom. The summed E-state index contributed by atoms with van der Waals surface area (Å²) in [5.74, 6) is -0.0599. The largest absolute Gasteiger partial charge is 0.373 e. The number of Topliss-reactive ketones (excluding diaryl/α,β-unsaturated/α-hetero) is 1. The highest BCUT2D eigenvalue weighted by molar-refractivity contribution is 5.94. The van der Waals surface area contributed by atoms with Crippen LogP contribution in [0.3, 0.4) is 0 Å². The van der Waals surface area contributed by atoms with Crippen molar-refractivity contribution in [3.8, 4) is 0 Å². The predicted octanol–water partition coefficient (Wildman–Crippen LogP) is 1.85. The fourth-order valence-corrected chi connectivity index (χ4v) is 2.19. The second-order valence-corrected chi connectivity index (χ2v) is 5.57. The van der Waals surface area contributed by atoms with Gasteiger partial charge in [0, 0.05) is 19.2 Å². The van der Waals surface area contributed by atoms with Gasteiger partial charge in [0.05, 0.1) is 5.54 Å². The van der Waals surface area contributed by atoms with E-state index < -0.39 is 5.54 Å². The minimum Gasteiger partial charge on any atom is -0.373 e. The van der Waals surface area contributed by atoms with Crippen LogP contribution >= 0.6 is 0 Å². The molecule has 1 atom stereocenters. The number of hydrogen-bond acceptors (Lipinski definition) is 3. The van der Waals surface area contributed by atoms with Crippen LogP contribution < -0.4 is 5.32 Å². The summed E-state index contributed by atoms with van der Waals surface area (Å²) in [5, 5.41) is 3.22. The van der Waals surface area contributed by atoms with E-state index in [9.17, 15) is 9.59 Å². The first-order valence-corrected chi connectivity index (χ1v) is 6.47. The zero-order valence-corrected chi connectivity index (χ0v) is 11.9. The molecule has 1 aliphatic rings. The molecule has 1 aliphatic heterocycles. The van der Waals surface area contributed by atoms with Gasteiger partial charge in [0.25, 0.3) is 0 Å². The number of likely N-dealkylation sites (N-methyl/N-ethyl adjacent to an activating group) is 1. The van der Waals surface area contributed by atoms with E-state index in [1.54, 1.807) is 25.8 Å². The third-order valence-corrected chi connectivity index (χ3v) is 4.10. The van der Waals surface area contributed by atoms with Crippen molar-refractivity contribution < 1.29 is 9.59 Å². The van der Waals surface area contributed by atoms with Gasteiger partial charge in [-0.1, -0.05) is 18.2 Å². The van der Waals surface area contributed by atoms with Crippen molar-refractivity contribution in [2.45, 2.75) is 38.8 Å². The normalized spacial score (nSPS) is 17.6. The fraction of sp³-hybridized carbons (Fsp3) is 0.467. The van der Waals surface area contributed by atoms with Gasteiger partial charge in [0.1, 0.15) is 6.04 Å². The first kappa shape index (κ1) is 13.6. The third-order valence-electron chi connectivity index (χ3n) is 4.10. The molecular weight excluding hydrogens is 240 g/mol. The minimum absolute atomic E-state index is 0.0149. The molecule has 0 saturated carbocycles. The monoisotopic (exact) mass is 260 g/mol. The number of rotatable bonds is 3. The Hall–Kier alpha value is -1.84. The lowest BCUT2D eigenvalue weighted by atomic mass is 9.97. The van der Waals surface area contributed by atoms with Crippen LogP contribution in [0.2, 0.25) is 0 Å². The van der Waals surface area contributed by atoms with Crippen LogP contribution in [0.5, 0.6) is 0 Å². The van der Waals surface area contributed by atoms with Crippen molar-refractivity contribution >= 4 is 17.4 Å². The van der Waals surface area contributed by atoms with Crippen molar-refractivity contribution in [3.05, 3.63) is 29.8 Å². The van der Waals surface area contributed by atoms with E-state index in [1.807, 2.05) is 24.3 Å². The minimum atomic E-state index is -0.770. The number of fused-ring (bicyclic) bond motifs is 1. The molecule has 0 aromatic heterocycles. The molecule has 2 rings (SSSR count). The maximum absolute atomic E-state index is 12.5. The summed E-state index contributed by atoms with van der Waals surface area (Å²) < 4.78 is 0. The molecule has 0 radical (unpaired) electrons. The molecule has 0 saturated heterocycles. The number of carbonyl (C=O) groups is 2. The van der Waals surface area contributed by atoms with Crippen molar-refractivity contribution in [2.24, 2.45) is 0 Å². The second-order valence-electron chi connectivity index (χ2n) is 5.57. The second kappa shape index (κ2) is 4.68. The molecule has 1 aromatic carbocycles. The van der Waals surface area contributed by atoms with Crippen molar-refractivity contribution in [1.82, 2.24) is 4.90 Å². The Labute approximate surface area is 113 Å². The van der Waals surface area contributed by atoms with Crippen LogP contribution in [0, 0.1) is 0 Å². The third kappa shape index (κ3) is 2.35. The number of anilines is 1. The molecule has 1 heterocycles. The maximum atomic E-state index is 12.5. The molecule has 102 valence electrons. The Kier molecular flexibility index (Phi) is 3.35. The van der Waals surface area contributed by atoms with Crippen LogP contribution in [0.25, 0.3) is 0 Å². The SMILES string of the molecule is CC(=O)C(C)(C)N(C)C(=O)C1Cc2ccccc2N1. The van der Waals surface area contributed by atoms with Crippen molar-refractivity contribution in [2.75, 3.05) is 12.4 Å². The van der Waals surface area contributed by atoms with Gasteiger partial charge in [-0.2, -0.15) is 0 Å². The van der Waals surface area contributed by atoms with Crippen LogP contribution in [-0.2, 0) is 16.0 Å². The molecule has 0 bridgehead atoms. The van der Waals surface area contributed by atoms with E-state index >= 15 is 0 Å². The highest BCUT2D eigenvalue weighted by Gasteiger charge is 2.37. The number of para-hydroxylation sites is 1. The maximum Gasteiger partial charge on any atom is 0.245 e. The molecule has 0 fully saturated rings. The number of carbonyl (C=O) groups excluding carboxylic acids is 2. The highest BCUT2D eigenvalue weighted by Crippen LogP contribution is 2.27. The number of nitrogens with one attached hydrogen (secondary N) is 1. The summed E-state index contributed by atoms with van der Waals surface area (Å²) >= 11 is 0. The van der Waals surface area contributed by atoms with E-state index in [0.717, 1.165) is 11.3 Å². The van der Waals surface area contributed by atoms with Crippen molar-refractivity contribution in [1.29, 1.82) is 0 Å². The van der Waals surface area contributed by atoms with Gasteiger partial charge in [-0.15, -0.1) is 0 Å². The first-order valence-electron chi connectivity index (χ1n) is 6.47. The summed E-state index contributed by atoms with van der Waals surface area (Å²) in [7, 11) is 1.69. The van der Waals surface area contributed by atoms with Gasteiger partial charge in [-0.05, 0) is 32.4 Å². The van der Waals surface area contributed by atoms with E-state index in [0.29, 0.717) is 6.42 Å². The van der Waals surface area contributed by atoms with Gasteiger partial charge >= 0.3 is 0 Å². The number of hydrogen-bond donors (Lipinski definition) is 1. The van der Waals surface area contributed by atoms with E-state index in [-0.39, 0.29) is 17.7 Å². The molecule has 19 heavy (non-hydrogen) atoms. The van der Waals surface area contributed by atoms with E-state index in [2.05, 4.69) is 5.32 Å². The van der Waals surface area contributed by atoms with Gasteiger partial charge in [0.15, 0.2) is 5.78 Å². The summed E-state index contributed by atoms with van der Waals surface area (Å²) in [5.41, 5.74) is 1.39. The smallest absolute Gasteiger partial charge is 0.245 e. The van der Waals surface area contributed by atoms with Crippen LogP contribution in [0.1, 0.15) is 26.3 Å². The molecule has 1 N–H and O–H groups in total. The molecule has 1 aromatic rings.